The summed E-state index contributed by atoms with van der Waals surface area (Å²) in [6.45, 7) is 3.84. The van der Waals surface area contributed by atoms with Crippen LogP contribution in [0.15, 0.2) is 18.5 Å². The summed E-state index contributed by atoms with van der Waals surface area (Å²) >= 11 is 6.06. The Morgan fingerprint density at radius 1 is 1.63 bits per heavy atom. The highest BCUT2D eigenvalue weighted by atomic mass is 35.5. The summed E-state index contributed by atoms with van der Waals surface area (Å²) < 4.78 is 0. The number of amides is 1. The van der Waals surface area contributed by atoms with E-state index in [1.54, 1.807) is 18.5 Å². The second kappa shape index (κ2) is 6.35. The molecule has 1 aromatic heterocycles. The van der Waals surface area contributed by atoms with Gasteiger partial charge in [0, 0.05) is 12.7 Å². The summed E-state index contributed by atoms with van der Waals surface area (Å²) in [5.74, 6) is 0.0523. The number of hydrogen-bond donors (Lipinski definition) is 2. The number of anilines is 1. The van der Waals surface area contributed by atoms with E-state index < -0.39 is 0 Å². The molecule has 0 bridgehead atoms. The van der Waals surface area contributed by atoms with Gasteiger partial charge in [-0.05, 0) is 31.9 Å². The van der Waals surface area contributed by atoms with E-state index >= 15 is 0 Å². The molecule has 2 N–H and O–H groups in total. The molecule has 0 aliphatic carbocycles. The number of hydrogen-bond acceptors (Lipinski definition) is 3. The molecule has 0 aromatic carbocycles. The van der Waals surface area contributed by atoms with Crippen LogP contribution >= 0.6 is 11.6 Å². The van der Waals surface area contributed by atoms with Crippen molar-refractivity contribution in [2.24, 2.45) is 5.41 Å². The minimum atomic E-state index is -0.313. The van der Waals surface area contributed by atoms with Gasteiger partial charge < -0.3 is 10.6 Å². The van der Waals surface area contributed by atoms with Gasteiger partial charge in [-0.15, -0.1) is 0 Å². The van der Waals surface area contributed by atoms with Gasteiger partial charge in [0.2, 0.25) is 5.91 Å². The van der Waals surface area contributed by atoms with E-state index in [1.165, 1.54) is 0 Å². The molecule has 0 saturated carbocycles. The van der Waals surface area contributed by atoms with Crippen LogP contribution in [0.1, 0.15) is 32.6 Å². The first-order chi connectivity index (χ1) is 9.18. The summed E-state index contributed by atoms with van der Waals surface area (Å²) in [6.07, 6.45) is 7.06. The van der Waals surface area contributed by atoms with E-state index in [2.05, 4.69) is 22.5 Å². The summed E-state index contributed by atoms with van der Waals surface area (Å²) in [4.78, 5) is 16.6. The molecule has 4 nitrogen and oxygen atoms in total. The standard InChI is InChI=1S/C14H20ClN3O/c1-2-5-14(6-3-7-17-10-14)13(19)18-12-9-16-8-4-11(12)15/h4,8-9,17H,2-3,5-7,10H2,1H3,(H,18,19). The Bertz CT molecular complexity index is 439. The van der Waals surface area contributed by atoms with Gasteiger partial charge in [0.1, 0.15) is 0 Å². The van der Waals surface area contributed by atoms with E-state index in [1.807, 2.05) is 0 Å². The fourth-order valence-corrected chi connectivity index (χ4v) is 2.84. The summed E-state index contributed by atoms with van der Waals surface area (Å²) in [5.41, 5.74) is 0.279. The molecule has 2 rings (SSSR count). The molecule has 1 aliphatic heterocycles. The van der Waals surface area contributed by atoms with Crippen LogP contribution in [0, 0.1) is 5.41 Å². The zero-order chi connectivity index (χ0) is 13.7. The number of rotatable bonds is 4. The Labute approximate surface area is 118 Å². The van der Waals surface area contributed by atoms with Crippen molar-refractivity contribution in [3.8, 4) is 0 Å². The molecule has 1 aromatic rings. The smallest absolute Gasteiger partial charge is 0.231 e. The molecule has 1 atom stereocenters. The van der Waals surface area contributed by atoms with Crippen molar-refractivity contribution >= 4 is 23.2 Å². The molecule has 1 saturated heterocycles. The Hall–Kier alpha value is -1.13. The van der Waals surface area contributed by atoms with Gasteiger partial charge in [0.15, 0.2) is 0 Å². The zero-order valence-corrected chi connectivity index (χ0v) is 12.0. The molecule has 104 valence electrons. The van der Waals surface area contributed by atoms with Gasteiger partial charge in [0.25, 0.3) is 0 Å². The molecular formula is C14H20ClN3O. The van der Waals surface area contributed by atoms with Gasteiger partial charge in [0.05, 0.1) is 22.3 Å². The van der Waals surface area contributed by atoms with Crippen molar-refractivity contribution in [2.75, 3.05) is 18.4 Å². The lowest BCUT2D eigenvalue weighted by atomic mass is 9.76. The number of aromatic nitrogens is 1. The summed E-state index contributed by atoms with van der Waals surface area (Å²) in [6, 6.07) is 1.68. The number of pyridine rings is 1. The fourth-order valence-electron chi connectivity index (χ4n) is 2.69. The van der Waals surface area contributed by atoms with Crippen molar-refractivity contribution in [3.63, 3.8) is 0 Å². The second-order valence-corrected chi connectivity index (χ2v) is 5.53. The monoisotopic (exact) mass is 281 g/mol. The number of nitrogens with zero attached hydrogens (tertiary/aromatic N) is 1. The number of piperidine rings is 1. The molecule has 19 heavy (non-hydrogen) atoms. The Morgan fingerprint density at radius 2 is 2.47 bits per heavy atom. The van der Waals surface area contributed by atoms with Gasteiger partial charge in [-0.25, -0.2) is 0 Å². The number of carbonyl (C=O) groups excluding carboxylic acids is 1. The minimum absolute atomic E-state index is 0.0523. The third kappa shape index (κ3) is 3.25. The third-order valence-electron chi connectivity index (χ3n) is 3.70. The molecule has 1 unspecified atom stereocenters. The lowest BCUT2D eigenvalue weighted by Gasteiger charge is -2.36. The second-order valence-electron chi connectivity index (χ2n) is 5.12. The van der Waals surface area contributed by atoms with E-state index in [9.17, 15) is 4.79 Å². The van der Waals surface area contributed by atoms with Crippen LogP contribution < -0.4 is 10.6 Å². The van der Waals surface area contributed by atoms with Crippen LogP contribution in [0.2, 0.25) is 5.02 Å². The average Bonchev–Trinajstić information content (AvgIpc) is 2.42. The molecule has 1 aliphatic rings. The van der Waals surface area contributed by atoms with E-state index in [0.717, 1.165) is 38.8 Å². The van der Waals surface area contributed by atoms with E-state index in [-0.39, 0.29) is 11.3 Å². The molecule has 2 heterocycles. The van der Waals surface area contributed by atoms with Gasteiger partial charge >= 0.3 is 0 Å². The van der Waals surface area contributed by atoms with E-state index in [4.69, 9.17) is 11.6 Å². The molecule has 5 heteroatoms. The molecule has 0 spiro atoms. The number of halogens is 1. The molecule has 0 radical (unpaired) electrons. The van der Waals surface area contributed by atoms with Gasteiger partial charge in [-0.1, -0.05) is 24.9 Å². The SMILES string of the molecule is CCCC1(C(=O)Nc2cnccc2Cl)CCCNC1. The minimum Gasteiger partial charge on any atom is -0.323 e. The van der Waals surface area contributed by atoms with Crippen molar-refractivity contribution in [1.29, 1.82) is 0 Å². The fraction of sp³-hybridized carbons (Fsp3) is 0.571. The van der Waals surface area contributed by atoms with Crippen LogP contribution in [-0.4, -0.2) is 24.0 Å². The lowest BCUT2D eigenvalue weighted by Crippen LogP contribution is -2.48. The zero-order valence-electron chi connectivity index (χ0n) is 11.2. The lowest BCUT2D eigenvalue weighted by molar-refractivity contribution is -0.127. The predicted molar refractivity (Wildman–Crippen MR) is 77.3 cm³/mol. The van der Waals surface area contributed by atoms with Crippen LogP contribution in [0.3, 0.4) is 0 Å². The van der Waals surface area contributed by atoms with E-state index in [0.29, 0.717) is 10.7 Å². The van der Waals surface area contributed by atoms with Crippen molar-refractivity contribution < 1.29 is 4.79 Å². The quantitative estimate of drug-likeness (QED) is 0.892. The van der Waals surface area contributed by atoms with Gasteiger partial charge in [-0.2, -0.15) is 0 Å². The van der Waals surface area contributed by atoms with Crippen LogP contribution in [0.5, 0.6) is 0 Å². The maximum Gasteiger partial charge on any atom is 0.231 e. The van der Waals surface area contributed by atoms with Crippen LogP contribution in [0.25, 0.3) is 0 Å². The van der Waals surface area contributed by atoms with Gasteiger partial charge in [-0.3, -0.25) is 9.78 Å². The molecule has 1 fully saturated rings. The van der Waals surface area contributed by atoms with Crippen LogP contribution in [0.4, 0.5) is 5.69 Å². The summed E-state index contributed by atoms with van der Waals surface area (Å²) in [5, 5.41) is 6.79. The maximum atomic E-state index is 12.6. The van der Waals surface area contributed by atoms with Crippen LogP contribution in [-0.2, 0) is 4.79 Å². The highest BCUT2D eigenvalue weighted by Crippen LogP contribution is 2.33. The third-order valence-corrected chi connectivity index (χ3v) is 4.03. The highest BCUT2D eigenvalue weighted by molar-refractivity contribution is 6.33. The summed E-state index contributed by atoms with van der Waals surface area (Å²) in [7, 11) is 0. The number of carbonyl (C=O) groups is 1. The molecule has 1 amide bonds. The van der Waals surface area contributed by atoms with Crippen molar-refractivity contribution in [2.45, 2.75) is 32.6 Å². The Balaban J connectivity index is 2.14. The first-order valence-electron chi connectivity index (χ1n) is 6.80. The predicted octanol–water partition coefficient (Wildman–Crippen LogP) is 2.84. The maximum absolute atomic E-state index is 12.6. The molecular weight excluding hydrogens is 262 g/mol. The largest absolute Gasteiger partial charge is 0.323 e. The average molecular weight is 282 g/mol. The van der Waals surface area contributed by atoms with Crippen molar-refractivity contribution in [1.82, 2.24) is 10.3 Å². The topological polar surface area (TPSA) is 54.0 Å². The Morgan fingerprint density at radius 3 is 3.11 bits per heavy atom. The normalized spacial score (nSPS) is 23.1. The number of nitrogens with one attached hydrogen (secondary N) is 2. The highest BCUT2D eigenvalue weighted by Gasteiger charge is 2.38. The first kappa shape index (κ1) is 14.3. The first-order valence-corrected chi connectivity index (χ1v) is 7.17. The Kier molecular flexibility index (Phi) is 4.77. The van der Waals surface area contributed by atoms with Crippen molar-refractivity contribution in [3.05, 3.63) is 23.5 Å².